The average molecular weight is 279 g/mol. The van der Waals surface area contributed by atoms with Gasteiger partial charge in [-0.3, -0.25) is 10.1 Å². The summed E-state index contributed by atoms with van der Waals surface area (Å²) in [4.78, 5) is 12.8. The van der Waals surface area contributed by atoms with E-state index in [4.69, 9.17) is 10.5 Å². The minimum absolute atomic E-state index is 0.0660. The molecule has 2 rings (SSSR count). The number of hydrogen-bond donors (Lipinski definition) is 1. The maximum Gasteiger partial charge on any atom is 0.275 e. The molecule has 1 aliphatic rings. The van der Waals surface area contributed by atoms with Crippen LogP contribution in [-0.4, -0.2) is 30.7 Å². The summed E-state index contributed by atoms with van der Waals surface area (Å²) in [5.41, 5.74) is 6.67. The van der Waals surface area contributed by atoms with Crippen LogP contribution in [0, 0.1) is 10.1 Å². The summed E-state index contributed by atoms with van der Waals surface area (Å²) in [6.07, 6.45) is 2.97. The van der Waals surface area contributed by atoms with Gasteiger partial charge in [0, 0.05) is 37.0 Å². The Hall–Kier alpha value is -1.82. The number of non-ortho nitro benzene ring substituents is 1. The molecule has 110 valence electrons. The first kappa shape index (κ1) is 14.6. The number of rotatable bonds is 6. The van der Waals surface area contributed by atoms with Gasteiger partial charge in [0.2, 0.25) is 0 Å². The molecule has 0 bridgehead atoms. The highest BCUT2D eigenvalue weighted by Crippen LogP contribution is 2.32. The number of nitrogens with zero attached hydrogens (tertiary/aromatic N) is 2. The van der Waals surface area contributed by atoms with Crippen molar-refractivity contribution < 1.29 is 9.66 Å². The lowest BCUT2D eigenvalue weighted by molar-refractivity contribution is -0.384. The number of benzene rings is 1. The van der Waals surface area contributed by atoms with E-state index in [0.29, 0.717) is 18.9 Å². The number of nitrogens with two attached hydrogens (primary N) is 1. The largest absolute Gasteiger partial charge is 0.493 e. The normalized spacial score (nSPS) is 18.3. The second-order valence-corrected chi connectivity index (χ2v) is 5.02. The summed E-state index contributed by atoms with van der Waals surface area (Å²) in [5, 5.41) is 11.1. The van der Waals surface area contributed by atoms with Crippen LogP contribution in [0.3, 0.4) is 0 Å². The Morgan fingerprint density at radius 3 is 2.95 bits per heavy atom. The molecule has 20 heavy (non-hydrogen) atoms. The Morgan fingerprint density at radius 2 is 2.30 bits per heavy atom. The van der Waals surface area contributed by atoms with Crippen molar-refractivity contribution in [3.8, 4) is 5.75 Å². The summed E-state index contributed by atoms with van der Waals surface area (Å²) in [5.74, 6) is 0.554. The zero-order valence-corrected chi connectivity index (χ0v) is 11.7. The molecule has 1 aromatic carbocycles. The summed E-state index contributed by atoms with van der Waals surface area (Å²) in [7, 11) is 0. The van der Waals surface area contributed by atoms with Gasteiger partial charge in [-0.25, -0.2) is 0 Å². The molecule has 1 fully saturated rings. The van der Waals surface area contributed by atoms with Crippen LogP contribution in [0.2, 0.25) is 0 Å². The highest BCUT2D eigenvalue weighted by Gasteiger charge is 2.25. The fraction of sp³-hybridized carbons (Fsp3) is 0.571. The van der Waals surface area contributed by atoms with Crippen LogP contribution in [0.25, 0.3) is 0 Å². The lowest BCUT2D eigenvalue weighted by atomic mass is 10.2. The van der Waals surface area contributed by atoms with E-state index in [0.717, 1.165) is 31.5 Å². The topological polar surface area (TPSA) is 81.6 Å². The van der Waals surface area contributed by atoms with Crippen LogP contribution in [-0.2, 0) is 0 Å². The quantitative estimate of drug-likeness (QED) is 0.638. The Bertz CT molecular complexity index is 479. The average Bonchev–Trinajstić information content (AvgIpc) is 2.93. The maximum absolute atomic E-state index is 11.1. The van der Waals surface area contributed by atoms with Crippen LogP contribution in [0.4, 0.5) is 11.4 Å². The third-order valence-electron chi connectivity index (χ3n) is 3.54. The fourth-order valence-corrected chi connectivity index (χ4v) is 2.56. The predicted octanol–water partition coefficient (Wildman–Crippen LogP) is 2.31. The first-order valence-corrected chi connectivity index (χ1v) is 7.04. The molecule has 0 radical (unpaired) electrons. The van der Waals surface area contributed by atoms with Crippen molar-refractivity contribution >= 4 is 11.4 Å². The molecule has 1 aliphatic heterocycles. The third-order valence-corrected chi connectivity index (χ3v) is 3.54. The molecule has 0 aromatic heterocycles. The van der Waals surface area contributed by atoms with Crippen LogP contribution in [0.15, 0.2) is 18.2 Å². The van der Waals surface area contributed by atoms with Crippen LogP contribution >= 0.6 is 0 Å². The Balaban J connectivity index is 2.30. The molecule has 0 spiro atoms. The van der Waals surface area contributed by atoms with E-state index in [1.165, 1.54) is 6.07 Å². The van der Waals surface area contributed by atoms with Crippen molar-refractivity contribution in [2.24, 2.45) is 5.73 Å². The third kappa shape index (κ3) is 3.19. The van der Waals surface area contributed by atoms with Gasteiger partial charge in [0.1, 0.15) is 5.75 Å². The second-order valence-electron chi connectivity index (χ2n) is 5.02. The molecule has 1 heterocycles. The molecule has 0 saturated carbocycles. The molecule has 0 amide bonds. The van der Waals surface area contributed by atoms with Gasteiger partial charge in [-0.1, -0.05) is 6.92 Å². The fourth-order valence-electron chi connectivity index (χ4n) is 2.56. The van der Waals surface area contributed by atoms with Gasteiger partial charge in [0.25, 0.3) is 5.69 Å². The number of ether oxygens (including phenoxy) is 1. The van der Waals surface area contributed by atoms with E-state index in [-0.39, 0.29) is 16.7 Å². The van der Waals surface area contributed by atoms with Crippen molar-refractivity contribution in [1.82, 2.24) is 0 Å². The van der Waals surface area contributed by atoms with Crippen molar-refractivity contribution in [1.29, 1.82) is 0 Å². The molecular weight excluding hydrogens is 258 g/mol. The maximum atomic E-state index is 11.1. The molecule has 1 aromatic rings. The standard InChI is InChI=1S/C14H21N3O3/c1-2-6-20-14-8-12(7-13(9-14)17(18)19)16-5-3-4-11(16)10-15/h7-9,11H,2-6,10,15H2,1H3. The van der Waals surface area contributed by atoms with E-state index < -0.39 is 0 Å². The predicted molar refractivity (Wildman–Crippen MR) is 78.3 cm³/mol. The lowest BCUT2D eigenvalue weighted by Crippen LogP contribution is -2.35. The highest BCUT2D eigenvalue weighted by atomic mass is 16.6. The minimum Gasteiger partial charge on any atom is -0.493 e. The SMILES string of the molecule is CCCOc1cc(N2CCCC2CN)cc([N+](=O)[O-])c1. The van der Waals surface area contributed by atoms with Crippen molar-refractivity contribution in [3.05, 3.63) is 28.3 Å². The number of nitro groups is 1. The van der Waals surface area contributed by atoms with Crippen LogP contribution < -0.4 is 15.4 Å². The van der Waals surface area contributed by atoms with Gasteiger partial charge in [0.15, 0.2) is 0 Å². The minimum atomic E-state index is -0.379. The van der Waals surface area contributed by atoms with Gasteiger partial charge in [-0.05, 0) is 19.3 Å². The number of nitro benzene ring substituents is 1. The van der Waals surface area contributed by atoms with Gasteiger partial charge in [-0.2, -0.15) is 0 Å². The van der Waals surface area contributed by atoms with Gasteiger partial charge in [-0.15, -0.1) is 0 Å². The second kappa shape index (κ2) is 6.56. The lowest BCUT2D eigenvalue weighted by Gasteiger charge is -2.26. The molecule has 1 atom stereocenters. The van der Waals surface area contributed by atoms with E-state index in [2.05, 4.69) is 4.90 Å². The number of anilines is 1. The van der Waals surface area contributed by atoms with Gasteiger partial charge < -0.3 is 15.4 Å². The Kier molecular flexibility index (Phi) is 4.79. The van der Waals surface area contributed by atoms with Gasteiger partial charge in [0.05, 0.1) is 17.6 Å². The summed E-state index contributed by atoms with van der Waals surface area (Å²) < 4.78 is 5.55. The highest BCUT2D eigenvalue weighted by molar-refractivity contribution is 5.59. The first-order chi connectivity index (χ1) is 9.65. The van der Waals surface area contributed by atoms with E-state index in [1.807, 2.05) is 13.0 Å². The van der Waals surface area contributed by atoms with E-state index in [9.17, 15) is 10.1 Å². The van der Waals surface area contributed by atoms with Crippen molar-refractivity contribution in [3.63, 3.8) is 0 Å². The van der Waals surface area contributed by atoms with Crippen molar-refractivity contribution in [2.75, 3.05) is 24.6 Å². The molecule has 6 nitrogen and oxygen atoms in total. The monoisotopic (exact) mass is 279 g/mol. The number of hydrogen-bond acceptors (Lipinski definition) is 5. The summed E-state index contributed by atoms with van der Waals surface area (Å²) >= 11 is 0. The molecule has 1 unspecified atom stereocenters. The molecule has 6 heteroatoms. The Morgan fingerprint density at radius 1 is 1.50 bits per heavy atom. The summed E-state index contributed by atoms with van der Waals surface area (Å²) in [6.45, 7) is 4.01. The first-order valence-electron chi connectivity index (χ1n) is 7.04. The molecule has 2 N–H and O–H groups in total. The van der Waals surface area contributed by atoms with Crippen LogP contribution in [0.1, 0.15) is 26.2 Å². The Labute approximate surface area is 118 Å². The zero-order chi connectivity index (χ0) is 14.5. The van der Waals surface area contributed by atoms with Crippen LogP contribution in [0.5, 0.6) is 5.75 Å². The smallest absolute Gasteiger partial charge is 0.275 e. The zero-order valence-electron chi connectivity index (χ0n) is 11.7. The van der Waals surface area contributed by atoms with E-state index in [1.54, 1.807) is 6.07 Å². The van der Waals surface area contributed by atoms with Crippen molar-refractivity contribution in [2.45, 2.75) is 32.2 Å². The molecule has 0 aliphatic carbocycles. The van der Waals surface area contributed by atoms with E-state index >= 15 is 0 Å². The molecular formula is C14H21N3O3. The summed E-state index contributed by atoms with van der Waals surface area (Å²) in [6, 6.07) is 5.21. The van der Waals surface area contributed by atoms with Gasteiger partial charge >= 0.3 is 0 Å². The molecule has 1 saturated heterocycles.